The second-order valence-corrected chi connectivity index (χ2v) is 5.88. The lowest BCUT2D eigenvalue weighted by atomic mass is 9.75. The van der Waals surface area contributed by atoms with E-state index in [4.69, 9.17) is 10.5 Å². The molecule has 0 aliphatic heterocycles. The fourth-order valence-electron chi connectivity index (χ4n) is 2.87. The number of rotatable bonds is 8. The highest BCUT2D eigenvalue weighted by Crippen LogP contribution is 2.34. The van der Waals surface area contributed by atoms with Crippen LogP contribution in [-0.2, 0) is 6.42 Å². The first-order valence-electron chi connectivity index (χ1n) is 7.72. The Morgan fingerprint density at radius 2 is 2.00 bits per heavy atom. The Morgan fingerprint density at radius 1 is 1.30 bits per heavy atom. The Hall–Kier alpha value is -1.09. The number of aromatic nitrogens is 1. The highest BCUT2D eigenvalue weighted by molar-refractivity contribution is 5.41. The molecule has 114 valence electrons. The van der Waals surface area contributed by atoms with E-state index in [9.17, 15) is 0 Å². The van der Waals surface area contributed by atoms with E-state index in [1.54, 1.807) is 7.11 Å². The quantitative estimate of drug-likeness (QED) is 0.787. The van der Waals surface area contributed by atoms with Gasteiger partial charge in [-0.25, -0.2) is 0 Å². The first kappa shape index (κ1) is 17.0. The zero-order valence-electron chi connectivity index (χ0n) is 13.8. The minimum absolute atomic E-state index is 0.175. The first-order chi connectivity index (χ1) is 9.53. The molecule has 3 nitrogen and oxygen atoms in total. The van der Waals surface area contributed by atoms with E-state index < -0.39 is 0 Å². The van der Waals surface area contributed by atoms with E-state index in [2.05, 4.69) is 25.8 Å². The molecule has 1 rings (SSSR count). The average Bonchev–Trinajstić information content (AvgIpc) is 2.47. The number of unbranched alkanes of at least 4 members (excludes halogenated alkanes) is 1. The maximum Gasteiger partial charge on any atom is 0.128 e. The van der Waals surface area contributed by atoms with Crippen molar-refractivity contribution in [1.29, 1.82) is 0 Å². The van der Waals surface area contributed by atoms with Gasteiger partial charge in [0.2, 0.25) is 0 Å². The van der Waals surface area contributed by atoms with Crippen LogP contribution in [0.1, 0.15) is 56.4 Å². The Kier molecular flexibility index (Phi) is 6.47. The number of aryl methyl sites for hydroxylation is 1. The molecule has 0 aliphatic carbocycles. The largest absolute Gasteiger partial charge is 0.496 e. The molecule has 0 saturated carbocycles. The average molecular weight is 278 g/mol. The fourth-order valence-corrected chi connectivity index (χ4v) is 2.87. The summed E-state index contributed by atoms with van der Waals surface area (Å²) in [6, 6.07) is 0. The Morgan fingerprint density at radius 3 is 2.50 bits per heavy atom. The molecule has 0 spiro atoms. The van der Waals surface area contributed by atoms with Crippen LogP contribution in [-0.4, -0.2) is 18.6 Å². The number of nitrogens with zero attached hydrogens (tertiary/aromatic N) is 1. The number of pyridine rings is 1. The third-order valence-corrected chi connectivity index (χ3v) is 4.54. The summed E-state index contributed by atoms with van der Waals surface area (Å²) >= 11 is 0. The van der Waals surface area contributed by atoms with E-state index in [-0.39, 0.29) is 5.41 Å². The maximum atomic E-state index is 6.10. The zero-order valence-corrected chi connectivity index (χ0v) is 13.8. The predicted octanol–water partition coefficient (Wildman–Crippen LogP) is 3.79. The molecule has 1 heterocycles. The molecule has 1 aromatic heterocycles. The molecule has 1 aromatic rings. The van der Waals surface area contributed by atoms with Gasteiger partial charge in [-0.2, -0.15) is 0 Å². The van der Waals surface area contributed by atoms with Crippen molar-refractivity contribution in [1.82, 2.24) is 4.98 Å². The molecule has 2 N–H and O–H groups in total. The van der Waals surface area contributed by atoms with Crippen LogP contribution in [0.3, 0.4) is 0 Å². The highest BCUT2D eigenvalue weighted by Gasteiger charge is 2.28. The van der Waals surface area contributed by atoms with E-state index in [1.807, 2.05) is 13.1 Å². The Bertz CT molecular complexity index is 425. The summed E-state index contributed by atoms with van der Waals surface area (Å²) < 4.78 is 5.51. The van der Waals surface area contributed by atoms with Crippen molar-refractivity contribution in [3.05, 3.63) is 23.0 Å². The van der Waals surface area contributed by atoms with Crippen molar-refractivity contribution in [3.8, 4) is 5.75 Å². The molecule has 0 radical (unpaired) electrons. The number of hydrogen-bond donors (Lipinski definition) is 1. The summed E-state index contributed by atoms with van der Waals surface area (Å²) in [4.78, 5) is 4.64. The number of methoxy groups -OCH3 is 1. The van der Waals surface area contributed by atoms with Crippen LogP contribution in [0.25, 0.3) is 0 Å². The lowest BCUT2D eigenvalue weighted by Gasteiger charge is -2.32. The van der Waals surface area contributed by atoms with Crippen molar-refractivity contribution in [2.45, 2.75) is 59.8 Å². The van der Waals surface area contributed by atoms with Crippen molar-refractivity contribution in [2.24, 2.45) is 11.1 Å². The van der Waals surface area contributed by atoms with E-state index in [1.165, 1.54) is 19.3 Å². The van der Waals surface area contributed by atoms with Gasteiger partial charge >= 0.3 is 0 Å². The minimum atomic E-state index is 0.175. The van der Waals surface area contributed by atoms with Crippen LogP contribution in [0.5, 0.6) is 5.75 Å². The third-order valence-electron chi connectivity index (χ3n) is 4.54. The lowest BCUT2D eigenvalue weighted by molar-refractivity contribution is 0.248. The molecule has 0 bridgehead atoms. The summed E-state index contributed by atoms with van der Waals surface area (Å²) in [6.45, 7) is 9.33. The molecule has 1 atom stereocenters. The Balaban J connectivity index is 3.05. The van der Waals surface area contributed by atoms with Crippen molar-refractivity contribution in [3.63, 3.8) is 0 Å². The highest BCUT2D eigenvalue weighted by atomic mass is 16.5. The number of ether oxygens (including phenoxy) is 1. The first-order valence-corrected chi connectivity index (χ1v) is 7.72. The zero-order chi connectivity index (χ0) is 15.2. The third kappa shape index (κ3) is 3.72. The number of nitrogens with two attached hydrogens (primary N) is 1. The van der Waals surface area contributed by atoms with Crippen molar-refractivity contribution < 1.29 is 4.74 Å². The van der Waals surface area contributed by atoms with Gasteiger partial charge in [0.25, 0.3) is 0 Å². The fraction of sp³-hybridized carbons (Fsp3) is 0.706. The van der Waals surface area contributed by atoms with Gasteiger partial charge in [-0.1, -0.05) is 26.7 Å². The van der Waals surface area contributed by atoms with Crippen LogP contribution in [0, 0.1) is 19.3 Å². The van der Waals surface area contributed by atoms with Crippen LogP contribution in [0.2, 0.25) is 0 Å². The lowest BCUT2D eigenvalue weighted by Crippen LogP contribution is -2.33. The molecule has 0 fully saturated rings. The molecule has 20 heavy (non-hydrogen) atoms. The summed E-state index contributed by atoms with van der Waals surface area (Å²) in [6.07, 6.45) is 7.58. The summed E-state index contributed by atoms with van der Waals surface area (Å²) in [5.41, 5.74) is 9.66. The van der Waals surface area contributed by atoms with Gasteiger partial charge in [-0.15, -0.1) is 0 Å². The number of hydrogen-bond acceptors (Lipinski definition) is 3. The second-order valence-electron chi connectivity index (χ2n) is 5.88. The standard InChI is InChI=1S/C17H30N2O/c1-6-8-9-17(7-2,12-18)10-15-14(4)16(20-5)13(3)11-19-15/h11H,6-10,12,18H2,1-5H3. The molecule has 0 aliphatic rings. The predicted molar refractivity (Wildman–Crippen MR) is 85.3 cm³/mol. The molecule has 0 aromatic carbocycles. The molecule has 0 amide bonds. The Labute approximate surface area is 123 Å². The monoisotopic (exact) mass is 278 g/mol. The topological polar surface area (TPSA) is 48.1 Å². The molecular weight excluding hydrogens is 248 g/mol. The summed E-state index contributed by atoms with van der Waals surface area (Å²) in [7, 11) is 1.73. The van der Waals surface area contributed by atoms with Crippen LogP contribution in [0.15, 0.2) is 6.20 Å². The maximum absolute atomic E-state index is 6.10. The summed E-state index contributed by atoms with van der Waals surface area (Å²) in [5, 5.41) is 0. The van der Waals surface area contributed by atoms with Gasteiger partial charge < -0.3 is 10.5 Å². The van der Waals surface area contributed by atoms with E-state index >= 15 is 0 Å². The molecule has 1 unspecified atom stereocenters. The van der Waals surface area contributed by atoms with Crippen LogP contribution < -0.4 is 10.5 Å². The smallest absolute Gasteiger partial charge is 0.128 e. The second kappa shape index (κ2) is 7.63. The van der Waals surface area contributed by atoms with Crippen molar-refractivity contribution in [2.75, 3.05) is 13.7 Å². The van der Waals surface area contributed by atoms with Gasteiger partial charge in [0.15, 0.2) is 0 Å². The van der Waals surface area contributed by atoms with E-state index in [0.29, 0.717) is 0 Å². The SMILES string of the molecule is CCCCC(CC)(CN)Cc1ncc(C)c(OC)c1C. The van der Waals surface area contributed by atoms with Crippen LogP contribution in [0.4, 0.5) is 0 Å². The van der Waals surface area contributed by atoms with Gasteiger partial charge in [0.1, 0.15) is 5.75 Å². The normalized spacial score (nSPS) is 14.1. The van der Waals surface area contributed by atoms with Gasteiger partial charge in [0.05, 0.1) is 7.11 Å². The molecular formula is C17H30N2O. The minimum Gasteiger partial charge on any atom is -0.496 e. The van der Waals surface area contributed by atoms with Gasteiger partial charge in [0, 0.05) is 23.0 Å². The van der Waals surface area contributed by atoms with Crippen LogP contribution >= 0.6 is 0 Å². The summed E-state index contributed by atoms with van der Waals surface area (Å²) in [5.74, 6) is 0.965. The van der Waals surface area contributed by atoms with Gasteiger partial charge in [-0.05, 0) is 45.1 Å². The van der Waals surface area contributed by atoms with Crippen molar-refractivity contribution >= 4 is 0 Å². The molecule has 0 saturated heterocycles. The van der Waals surface area contributed by atoms with Gasteiger partial charge in [-0.3, -0.25) is 4.98 Å². The van der Waals surface area contributed by atoms with E-state index in [0.717, 1.165) is 42.0 Å². The molecule has 3 heteroatoms.